The van der Waals surface area contributed by atoms with E-state index in [1.807, 2.05) is 43.3 Å². The Morgan fingerprint density at radius 1 is 1.23 bits per heavy atom. The van der Waals surface area contributed by atoms with Crippen LogP contribution in [0.1, 0.15) is 13.3 Å². The van der Waals surface area contributed by atoms with Gasteiger partial charge in [-0.15, -0.1) is 11.8 Å². The van der Waals surface area contributed by atoms with Gasteiger partial charge in [-0.1, -0.05) is 30.1 Å². The van der Waals surface area contributed by atoms with Crippen molar-refractivity contribution in [2.45, 2.75) is 23.5 Å². The number of hydrogen-bond donors (Lipinski definition) is 1. The predicted octanol–water partition coefficient (Wildman–Crippen LogP) is 6.27. The van der Waals surface area contributed by atoms with Crippen LogP contribution in [-0.4, -0.2) is 11.2 Å². The third-order valence-corrected chi connectivity index (χ3v) is 5.80. The molecule has 1 amide bonds. The molecule has 0 aromatic heterocycles. The summed E-state index contributed by atoms with van der Waals surface area (Å²) in [6, 6.07) is 12.8. The van der Waals surface area contributed by atoms with E-state index in [1.165, 1.54) is 11.8 Å². The van der Waals surface area contributed by atoms with Crippen LogP contribution in [0.5, 0.6) is 0 Å². The molecule has 0 aliphatic heterocycles. The molecule has 0 heterocycles. The molecule has 0 spiro atoms. The SMILES string of the molecule is CCC(Sc1ccc(Cl)cc1)C(=O)Nc1ccc(Br)c(Cl)c1. The van der Waals surface area contributed by atoms with Gasteiger partial charge in [-0.2, -0.15) is 0 Å². The molecular weight excluding hydrogens is 405 g/mol. The lowest BCUT2D eigenvalue weighted by atomic mass is 10.2. The molecule has 0 aliphatic carbocycles. The smallest absolute Gasteiger partial charge is 0.237 e. The topological polar surface area (TPSA) is 29.1 Å². The highest BCUT2D eigenvalue weighted by Crippen LogP contribution is 2.29. The summed E-state index contributed by atoms with van der Waals surface area (Å²) in [5.41, 5.74) is 0.688. The monoisotopic (exact) mass is 417 g/mol. The molecule has 0 aliphatic rings. The van der Waals surface area contributed by atoms with Crippen LogP contribution in [0, 0.1) is 0 Å². The van der Waals surface area contributed by atoms with Crippen molar-refractivity contribution >= 4 is 62.5 Å². The summed E-state index contributed by atoms with van der Waals surface area (Å²) in [5.74, 6) is -0.0409. The van der Waals surface area contributed by atoms with Crippen molar-refractivity contribution in [1.82, 2.24) is 0 Å². The van der Waals surface area contributed by atoms with Gasteiger partial charge in [0.15, 0.2) is 0 Å². The second-order valence-electron chi connectivity index (χ2n) is 4.59. The van der Waals surface area contributed by atoms with E-state index in [4.69, 9.17) is 23.2 Å². The van der Waals surface area contributed by atoms with E-state index in [0.29, 0.717) is 15.7 Å². The van der Waals surface area contributed by atoms with E-state index in [0.717, 1.165) is 15.8 Å². The maximum absolute atomic E-state index is 12.4. The maximum atomic E-state index is 12.4. The van der Waals surface area contributed by atoms with Crippen LogP contribution in [-0.2, 0) is 4.79 Å². The molecule has 0 bridgehead atoms. The molecule has 2 rings (SSSR count). The van der Waals surface area contributed by atoms with Crippen LogP contribution in [0.15, 0.2) is 51.8 Å². The van der Waals surface area contributed by atoms with Gasteiger partial charge in [0.05, 0.1) is 10.3 Å². The Hall–Kier alpha value is -0.680. The van der Waals surface area contributed by atoms with E-state index < -0.39 is 0 Å². The number of carbonyl (C=O) groups is 1. The lowest BCUT2D eigenvalue weighted by Crippen LogP contribution is -2.24. The highest BCUT2D eigenvalue weighted by atomic mass is 79.9. The molecule has 0 saturated carbocycles. The summed E-state index contributed by atoms with van der Waals surface area (Å²) in [4.78, 5) is 13.4. The zero-order valence-electron chi connectivity index (χ0n) is 11.8. The highest BCUT2D eigenvalue weighted by Gasteiger charge is 2.18. The first kappa shape index (κ1) is 17.7. The number of thioether (sulfide) groups is 1. The van der Waals surface area contributed by atoms with Gasteiger partial charge < -0.3 is 5.32 Å². The van der Waals surface area contributed by atoms with Gasteiger partial charge in [0.1, 0.15) is 0 Å². The van der Waals surface area contributed by atoms with Crippen LogP contribution in [0.2, 0.25) is 10.0 Å². The molecule has 2 aromatic rings. The van der Waals surface area contributed by atoms with E-state index in [2.05, 4.69) is 21.2 Å². The van der Waals surface area contributed by atoms with Crippen LogP contribution >= 0.6 is 50.9 Å². The first-order valence-corrected chi connectivity index (χ1v) is 9.10. The lowest BCUT2D eigenvalue weighted by molar-refractivity contribution is -0.115. The quantitative estimate of drug-likeness (QED) is 0.580. The number of anilines is 1. The van der Waals surface area contributed by atoms with E-state index >= 15 is 0 Å². The first-order valence-electron chi connectivity index (χ1n) is 6.67. The van der Waals surface area contributed by atoms with Crippen molar-refractivity contribution in [3.8, 4) is 0 Å². The zero-order chi connectivity index (χ0) is 16.1. The molecule has 0 radical (unpaired) electrons. The normalized spacial score (nSPS) is 12.0. The molecule has 6 heteroatoms. The second-order valence-corrected chi connectivity index (χ2v) is 7.56. The Morgan fingerprint density at radius 2 is 1.91 bits per heavy atom. The summed E-state index contributed by atoms with van der Waals surface area (Å²) < 4.78 is 0.801. The lowest BCUT2D eigenvalue weighted by Gasteiger charge is -2.15. The highest BCUT2D eigenvalue weighted by molar-refractivity contribution is 9.10. The molecule has 0 fully saturated rings. The Balaban J connectivity index is 2.04. The summed E-state index contributed by atoms with van der Waals surface area (Å²) in [6.07, 6.45) is 0.726. The van der Waals surface area contributed by atoms with Crippen LogP contribution in [0.3, 0.4) is 0 Å². The summed E-state index contributed by atoms with van der Waals surface area (Å²) in [7, 11) is 0. The Bertz CT molecular complexity index is 664. The van der Waals surface area contributed by atoms with Crippen LogP contribution in [0.25, 0.3) is 0 Å². The van der Waals surface area contributed by atoms with Crippen molar-refractivity contribution in [1.29, 1.82) is 0 Å². The number of amides is 1. The van der Waals surface area contributed by atoms with Crippen molar-refractivity contribution in [2.75, 3.05) is 5.32 Å². The Labute approximate surface area is 152 Å². The fourth-order valence-electron chi connectivity index (χ4n) is 1.80. The zero-order valence-corrected chi connectivity index (χ0v) is 15.7. The molecule has 1 unspecified atom stereocenters. The first-order chi connectivity index (χ1) is 10.5. The van der Waals surface area contributed by atoms with Gasteiger partial charge in [-0.05, 0) is 64.8 Å². The van der Waals surface area contributed by atoms with Crippen molar-refractivity contribution in [2.24, 2.45) is 0 Å². The van der Waals surface area contributed by atoms with Crippen LogP contribution in [0.4, 0.5) is 5.69 Å². The molecule has 2 aromatic carbocycles. The minimum Gasteiger partial charge on any atom is -0.325 e. The molecule has 1 atom stereocenters. The van der Waals surface area contributed by atoms with Gasteiger partial charge in [-0.25, -0.2) is 0 Å². The number of rotatable bonds is 5. The molecule has 2 nitrogen and oxygen atoms in total. The predicted molar refractivity (Wildman–Crippen MR) is 99.2 cm³/mol. The van der Waals surface area contributed by atoms with E-state index in [1.54, 1.807) is 6.07 Å². The largest absolute Gasteiger partial charge is 0.325 e. The number of carbonyl (C=O) groups excluding carboxylic acids is 1. The van der Waals surface area contributed by atoms with Gasteiger partial charge in [0, 0.05) is 20.1 Å². The fourth-order valence-corrected chi connectivity index (χ4v) is 3.30. The fraction of sp³-hybridized carbons (Fsp3) is 0.188. The standard InChI is InChI=1S/C16H14BrCl2NOS/c1-2-15(22-12-6-3-10(18)4-7-12)16(21)20-11-5-8-13(17)14(19)9-11/h3-9,15H,2H2,1H3,(H,20,21). The minimum absolute atomic E-state index is 0.0409. The van der Waals surface area contributed by atoms with Gasteiger partial charge in [0.2, 0.25) is 5.91 Å². The molecule has 0 saturated heterocycles. The third kappa shape index (κ3) is 4.92. The van der Waals surface area contributed by atoms with E-state index in [-0.39, 0.29) is 11.2 Å². The number of nitrogens with one attached hydrogen (secondary N) is 1. The van der Waals surface area contributed by atoms with Crippen molar-refractivity contribution in [3.05, 3.63) is 57.0 Å². The number of hydrogen-bond acceptors (Lipinski definition) is 2. The number of halogens is 3. The van der Waals surface area contributed by atoms with Crippen molar-refractivity contribution < 1.29 is 4.79 Å². The van der Waals surface area contributed by atoms with E-state index in [9.17, 15) is 4.79 Å². The van der Waals surface area contributed by atoms with Gasteiger partial charge in [-0.3, -0.25) is 4.79 Å². The van der Waals surface area contributed by atoms with Gasteiger partial charge >= 0.3 is 0 Å². The summed E-state index contributed by atoms with van der Waals surface area (Å²) in [5, 5.41) is 3.98. The average molecular weight is 419 g/mol. The summed E-state index contributed by atoms with van der Waals surface area (Å²) >= 11 is 16.8. The average Bonchev–Trinajstić information content (AvgIpc) is 2.50. The number of benzene rings is 2. The van der Waals surface area contributed by atoms with Crippen molar-refractivity contribution in [3.63, 3.8) is 0 Å². The maximum Gasteiger partial charge on any atom is 0.237 e. The second kappa shape index (κ2) is 8.25. The van der Waals surface area contributed by atoms with Gasteiger partial charge in [0.25, 0.3) is 0 Å². The van der Waals surface area contributed by atoms with Crippen LogP contribution < -0.4 is 5.32 Å². The Kier molecular flexibility index (Phi) is 6.63. The Morgan fingerprint density at radius 3 is 2.50 bits per heavy atom. The minimum atomic E-state index is -0.177. The molecule has 1 N–H and O–H groups in total. The summed E-state index contributed by atoms with van der Waals surface area (Å²) in [6.45, 7) is 1.99. The molecule has 116 valence electrons. The molecular formula is C16H14BrCl2NOS. The molecule has 22 heavy (non-hydrogen) atoms. The third-order valence-electron chi connectivity index (χ3n) is 2.94.